The first-order valence-electron chi connectivity index (χ1n) is 11.2. The van der Waals surface area contributed by atoms with Gasteiger partial charge in [-0.2, -0.15) is 5.10 Å². The number of aliphatic hydroxyl groups is 1. The van der Waals surface area contributed by atoms with Crippen molar-refractivity contribution >= 4 is 40.6 Å². The number of pyridine rings is 1. The monoisotopic (exact) mass is 480 g/mol. The Labute approximate surface area is 202 Å². The van der Waals surface area contributed by atoms with Crippen LogP contribution in [-0.2, 0) is 7.05 Å². The highest BCUT2D eigenvalue weighted by atomic mass is 35.5. The lowest BCUT2D eigenvalue weighted by atomic mass is 10.1. The average molecular weight is 481 g/mol. The molecule has 1 aliphatic carbocycles. The van der Waals surface area contributed by atoms with Crippen LogP contribution in [0.3, 0.4) is 0 Å². The molecule has 2 N–H and O–H groups in total. The molecule has 4 heterocycles. The van der Waals surface area contributed by atoms with Crippen molar-refractivity contribution in [2.24, 2.45) is 7.05 Å². The summed E-state index contributed by atoms with van der Waals surface area (Å²) >= 11 is 0. The maximum atomic E-state index is 13.1. The van der Waals surface area contributed by atoms with Gasteiger partial charge in [-0.1, -0.05) is 0 Å². The third-order valence-electron chi connectivity index (χ3n) is 6.38. The quantitative estimate of drug-likeness (QED) is 0.447. The van der Waals surface area contributed by atoms with Crippen LogP contribution < -0.4 is 10.2 Å². The zero-order valence-electron chi connectivity index (χ0n) is 18.6. The number of benzene rings is 1. The van der Waals surface area contributed by atoms with Gasteiger partial charge >= 0.3 is 0 Å². The van der Waals surface area contributed by atoms with Gasteiger partial charge in [0.05, 0.1) is 29.2 Å². The predicted molar refractivity (Wildman–Crippen MR) is 130 cm³/mol. The molecule has 176 valence electrons. The molecule has 1 saturated heterocycles. The fraction of sp³-hybridized carbons (Fsp3) is 0.333. The zero-order valence-corrected chi connectivity index (χ0v) is 19.5. The van der Waals surface area contributed by atoms with Crippen LogP contribution in [0.5, 0.6) is 0 Å². The van der Waals surface area contributed by atoms with E-state index in [1.807, 2.05) is 31.3 Å². The Morgan fingerprint density at radius 2 is 2.09 bits per heavy atom. The number of hydrogen-bond acceptors (Lipinski definition) is 7. The van der Waals surface area contributed by atoms with Crippen LogP contribution in [0, 0.1) is 0 Å². The smallest absolute Gasteiger partial charge is 0.277 e. The molecule has 0 spiro atoms. The highest BCUT2D eigenvalue weighted by molar-refractivity contribution is 6.06. The molecule has 1 amide bonds. The number of aliphatic hydroxyl groups excluding tert-OH is 1. The minimum absolute atomic E-state index is 0. The van der Waals surface area contributed by atoms with E-state index >= 15 is 0 Å². The maximum absolute atomic E-state index is 13.1. The normalized spacial score (nSPS) is 17.7. The Hall–Kier alpha value is -3.43. The number of nitrogens with one attached hydrogen (secondary N) is 1. The number of hydrogen-bond donors (Lipinski definition) is 2. The molecule has 1 atom stereocenters. The minimum atomic E-state index is -0.378. The molecule has 0 bridgehead atoms. The number of β-amino-alcohol motifs (C(OH)–C–C–N with tert-alkyl or cyclic N) is 1. The molecule has 0 unspecified atom stereocenters. The van der Waals surface area contributed by atoms with Gasteiger partial charge in [-0.15, -0.1) is 12.4 Å². The van der Waals surface area contributed by atoms with Crippen LogP contribution in [0.25, 0.3) is 22.4 Å². The van der Waals surface area contributed by atoms with Gasteiger partial charge in [0.1, 0.15) is 6.26 Å². The number of fused-ring (bicyclic) bond motifs is 1. The number of nitrogens with zero attached hydrogens (tertiary/aromatic N) is 5. The van der Waals surface area contributed by atoms with Crippen LogP contribution in [-0.4, -0.2) is 50.0 Å². The van der Waals surface area contributed by atoms with Crippen molar-refractivity contribution in [1.29, 1.82) is 0 Å². The maximum Gasteiger partial charge on any atom is 0.277 e. The number of amides is 1. The molecule has 1 aromatic carbocycles. The summed E-state index contributed by atoms with van der Waals surface area (Å²) < 4.78 is 7.39. The molecule has 2 fully saturated rings. The lowest BCUT2D eigenvalue weighted by molar-refractivity contribution is 0.102. The summed E-state index contributed by atoms with van der Waals surface area (Å²) in [7, 11) is 1.86. The van der Waals surface area contributed by atoms with Gasteiger partial charge in [0.25, 0.3) is 5.91 Å². The van der Waals surface area contributed by atoms with E-state index in [0.29, 0.717) is 30.5 Å². The van der Waals surface area contributed by atoms with E-state index in [-0.39, 0.29) is 30.1 Å². The average Bonchev–Trinajstić information content (AvgIpc) is 3.21. The summed E-state index contributed by atoms with van der Waals surface area (Å²) in [5, 5.41) is 18.3. The third kappa shape index (κ3) is 4.12. The first kappa shape index (κ1) is 22.4. The number of aromatic nitrogens is 4. The van der Waals surface area contributed by atoms with E-state index in [1.165, 1.54) is 6.26 Å². The number of aryl methyl sites for hydroxylation is 1. The summed E-state index contributed by atoms with van der Waals surface area (Å²) in [6.45, 7) is 1.24. The van der Waals surface area contributed by atoms with Gasteiger partial charge in [-0.25, -0.2) is 4.98 Å². The Morgan fingerprint density at radius 1 is 1.24 bits per heavy atom. The van der Waals surface area contributed by atoms with Crippen LogP contribution in [0.2, 0.25) is 0 Å². The Kier molecular flexibility index (Phi) is 5.75. The summed E-state index contributed by atoms with van der Waals surface area (Å²) in [4.78, 5) is 24.0. The van der Waals surface area contributed by atoms with Gasteiger partial charge < -0.3 is 19.7 Å². The molecule has 10 heteroatoms. The SMILES string of the molecule is Cl.Cn1ncc2cc(N3CC[C@H](O)C3)c(NC(=O)c3coc(-c4ccnc(C5CC5)c4)n3)cc21. The molecule has 1 saturated carbocycles. The largest absolute Gasteiger partial charge is 0.444 e. The summed E-state index contributed by atoms with van der Waals surface area (Å²) in [5.41, 5.74) is 4.46. The van der Waals surface area contributed by atoms with Crippen molar-refractivity contribution in [3.8, 4) is 11.5 Å². The highest BCUT2D eigenvalue weighted by Gasteiger charge is 2.26. The fourth-order valence-corrected chi connectivity index (χ4v) is 4.39. The number of carbonyl (C=O) groups is 1. The van der Waals surface area contributed by atoms with Gasteiger partial charge in [0.2, 0.25) is 5.89 Å². The standard InChI is InChI=1S/C24H24N6O3.ClH/c1-29-21-10-19(22(9-16(21)11-26-29)30-7-5-17(31)12-30)27-23(32)20-13-33-24(28-20)15-4-6-25-18(8-15)14-2-3-14;/h4,6,8-11,13-14,17,31H,2-3,5,7,12H2,1H3,(H,27,32);1H/t17-;/m0./s1. The van der Waals surface area contributed by atoms with E-state index in [1.54, 1.807) is 17.1 Å². The molecule has 6 rings (SSSR count). The lowest BCUT2D eigenvalue weighted by Gasteiger charge is -2.22. The Balaban J connectivity index is 0.00000241. The molecule has 1 aliphatic heterocycles. The molecule has 3 aromatic heterocycles. The predicted octanol–water partition coefficient (Wildman–Crippen LogP) is 3.75. The van der Waals surface area contributed by atoms with Gasteiger partial charge in [0, 0.05) is 48.9 Å². The van der Waals surface area contributed by atoms with Crippen LogP contribution in [0.1, 0.15) is 41.4 Å². The topological polar surface area (TPSA) is 109 Å². The first-order chi connectivity index (χ1) is 16.0. The van der Waals surface area contributed by atoms with E-state index < -0.39 is 0 Å². The number of rotatable bonds is 5. The third-order valence-corrected chi connectivity index (χ3v) is 6.38. The van der Waals surface area contributed by atoms with E-state index in [9.17, 15) is 9.90 Å². The molecule has 0 radical (unpaired) electrons. The second kappa shape index (κ2) is 8.73. The minimum Gasteiger partial charge on any atom is -0.444 e. The fourth-order valence-electron chi connectivity index (χ4n) is 4.39. The molecule has 9 nitrogen and oxygen atoms in total. The van der Waals surface area contributed by atoms with Crippen molar-refractivity contribution < 1.29 is 14.3 Å². The van der Waals surface area contributed by atoms with Crippen molar-refractivity contribution in [3.63, 3.8) is 0 Å². The molecule has 34 heavy (non-hydrogen) atoms. The van der Waals surface area contributed by atoms with Crippen molar-refractivity contribution in [1.82, 2.24) is 19.7 Å². The number of carbonyl (C=O) groups excluding carboxylic acids is 1. The van der Waals surface area contributed by atoms with E-state index in [0.717, 1.165) is 47.2 Å². The molecule has 4 aromatic rings. The summed E-state index contributed by atoms with van der Waals surface area (Å²) in [6, 6.07) is 7.73. The van der Waals surface area contributed by atoms with E-state index in [4.69, 9.17) is 4.42 Å². The molecule has 2 aliphatic rings. The number of anilines is 2. The highest BCUT2D eigenvalue weighted by Crippen LogP contribution is 2.40. The number of oxazole rings is 1. The van der Waals surface area contributed by atoms with Gasteiger partial charge in [-0.3, -0.25) is 14.5 Å². The summed E-state index contributed by atoms with van der Waals surface area (Å²) in [5.74, 6) is 0.561. The van der Waals surface area contributed by atoms with E-state index in [2.05, 4.69) is 25.3 Å². The zero-order chi connectivity index (χ0) is 22.5. The molecular weight excluding hydrogens is 456 g/mol. The second-order valence-corrected chi connectivity index (χ2v) is 8.82. The second-order valence-electron chi connectivity index (χ2n) is 8.82. The lowest BCUT2D eigenvalue weighted by Crippen LogP contribution is -2.23. The van der Waals surface area contributed by atoms with Crippen LogP contribution in [0.4, 0.5) is 11.4 Å². The van der Waals surface area contributed by atoms with Crippen molar-refractivity contribution in [3.05, 3.63) is 54.3 Å². The van der Waals surface area contributed by atoms with Gasteiger partial charge in [-0.05, 0) is 43.5 Å². The van der Waals surface area contributed by atoms with Crippen molar-refractivity contribution in [2.45, 2.75) is 31.3 Å². The van der Waals surface area contributed by atoms with Gasteiger partial charge in [0.15, 0.2) is 5.69 Å². The summed E-state index contributed by atoms with van der Waals surface area (Å²) in [6.07, 6.45) is 7.57. The van der Waals surface area contributed by atoms with Crippen LogP contribution >= 0.6 is 12.4 Å². The Bertz CT molecular complexity index is 1360. The van der Waals surface area contributed by atoms with Crippen molar-refractivity contribution in [2.75, 3.05) is 23.3 Å². The van der Waals surface area contributed by atoms with Crippen LogP contribution in [0.15, 0.2) is 47.3 Å². The molecular formula is C24H25ClN6O3. The first-order valence-corrected chi connectivity index (χ1v) is 11.2. The Morgan fingerprint density at radius 3 is 2.85 bits per heavy atom. The number of halogens is 1.